The minimum atomic E-state index is -1.02. The molecule has 1 aromatic carbocycles. The van der Waals surface area contributed by atoms with E-state index in [1.807, 2.05) is 45.0 Å². The lowest BCUT2D eigenvalue weighted by atomic mass is 9.85. The number of primary amides is 1. The number of nitrogens with one attached hydrogen (secondary N) is 3. The topological polar surface area (TPSA) is 151 Å². The van der Waals surface area contributed by atoms with Crippen molar-refractivity contribution in [2.24, 2.45) is 40.2 Å². The number of benzene rings is 1. The van der Waals surface area contributed by atoms with Crippen LogP contribution >= 0.6 is 15.9 Å². The van der Waals surface area contributed by atoms with Gasteiger partial charge >= 0.3 is 0 Å². The Hall–Kier alpha value is -2.95. The molecule has 228 valence electrons. The van der Waals surface area contributed by atoms with Gasteiger partial charge in [-0.1, -0.05) is 68.7 Å². The molecular weight excluding hydrogens is 602 g/mol. The fraction of sp³-hybridized carbons (Fsp3) is 0.645. The molecule has 5 rings (SSSR count). The maximum atomic E-state index is 14.2. The van der Waals surface area contributed by atoms with Crippen LogP contribution in [0.1, 0.15) is 65.4 Å². The van der Waals surface area contributed by atoms with Crippen molar-refractivity contribution in [3.63, 3.8) is 0 Å². The summed E-state index contributed by atoms with van der Waals surface area (Å²) >= 11 is 3.58. The highest BCUT2D eigenvalue weighted by molar-refractivity contribution is 9.10. The lowest BCUT2D eigenvalue weighted by Gasteiger charge is -2.38. The molecule has 8 atom stereocenters. The molecule has 42 heavy (non-hydrogen) atoms. The maximum Gasteiger partial charge on any atom is 0.246 e. The Morgan fingerprint density at radius 3 is 2.43 bits per heavy atom. The number of halogens is 1. The molecule has 2 aliphatic heterocycles. The van der Waals surface area contributed by atoms with Crippen molar-refractivity contribution >= 4 is 45.5 Å². The fourth-order valence-corrected chi connectivity index (χ4v) is 7.72. The van der Waals surface area contributed by atoms with E-state index in [4.69, 9.17) is 5.73 Å². The second-order valence-corrected chi connectivity index (χ2v) is 15.0. The van der Waals surface area contributed by atoms with Gasteiger partial charge in [0, 0.05) is 29.4 Å². The normalized spacial score (nSPS) is 30.5. The highest BCUT2D eigenvalue weighted by Crippen LogP contribution is 2.65. The lowest BCUT2D eigenvalue weighted by molar-refractivity contribution is -0.146. The van der Waals surface area contributed by atoms with Gasteiger partial charge in [-0.15, -0.1) is 0 Å². The van der Waals surface area contributed by atoms with Gasteiger partial charge in [0.25, 0.3) is 0 Å². The van der Waals surface area contributed by atoms with Crippen molar-refractivity contribution < 1.29 is 24.0 Å². The Labute approximate surface area is 255 Å². The van der Waals surface area contributed by atoms with Crippen molar-refractivity contribution in [1.82, 2.24) is 20.9 Å². The molecule has 4 aliphatic rings. The zero-order valence-electron chi connectivity index (χ0n) is 24.9. The molecule has 2 heterocycles. The summed E-state index contributed by atoms with van der Waals surface area (Å²) in [6, 6.07) is 5.19. The number of carbonyl (C=O) groups is 5. The van der Waals surface area contributed by atoms with Gasteiger partial charge in [-0.2, -0.15) is 0 Å². The van der Waals surface area contributed by atoms with E-state index in [0.717, 1.165) is 10.0 Å². The second-order valence-electron chi connectivity index (χ2n) is 14.1. The maximum absolute atomic E-state index is 14.2. The summed E-state index contributed by atoms with van der Waals surface area (Å²) in [5, 5.41) is 8.57. The van der Waals surface area contributed by atoms with Crippen LogP contribution in [0.4, 0.5) is 0 Å². The zero-order valence-corrected chi connectivity index (χ0v) is 26.5. The smallest absolute Gasteiger partial charge is 0.246 e. The van der Waals surface area contributed by atoms with E-state index in [-0.39, 0.29) is 53.2 Å². The first kappa shape index (κ1) is 30.5. The standard InChI is InChI=1S/C31H42BrN5O5/c1-30(2,3)24(36-27(40)18-13-17(18)16-8-6-7-9-20(16)32)29(42)37-14-19-22(31(19,4)5)23(37)28(41)35-21(25(33)38)12-15-10-11-34-26(15)39/h6-9,15,17-19,21-24H,10-14H2,1-5H3,(H2,33,38)(H,34,39)(H,35,41)(H,36,40)/t15-,17?,18?,19-,21-,22-,23-,24+/m0/s1. The van der Waals surface area contributed by atoms with E-state index in [0.29, 0.717) is 25.9 Å². The predicted molar refractivity (Wildman–Crippen MR) is 159 cm³/mol. The number of hydrogen-bond acceptors (Lipinski definition) is 5. The zero-order chi connectivity index (χ0) is 30.7. The minimum Gasteiger partial charge on any atom is -0.368 e. The number of nitrogens with zero attached hydrogens (tertiary/aromatic N) is 1. The molecule has 2 unspecified atom stereocenters. The van der Waals surface area contributed by atoms with Gasteiger partial charge in [-0.3, -0.25) is 24.0 Å². The van der Waals surface area contributed by atoms with Crippen molar-refractivity contribution in [3.8, 4) is 0 Å². The largest absolute Gasteiger partial charge is 0.368 e. The van der Waals surface area contributed by atoms with Crippen molar-refractivity contribution in [2.75, 3.05) is 13.1 Å². The molecule has 11 heteroatoms. The first-order valence-corrected chi connectivity index (χ1v) is 15.6. The van der Waals surface area contributed by atoms with E-state index >= 15 is 0 Å². The molecule has 2 aliphatic carbocycles. The number of fused-ring (bicyclic) bond motifs is 1. The Kier molecular flexibility index (Phi) is 7.96. The number of nitrogens with two attached hydrogens (primary N) is 1. The summed E-state index contributed by atoms with van der Waals surface area (Å²) in [5.41, 5.74) is 5.96. The molecule has 5 N–H and O–H groups in total. The summed E-state index contributed by atoms with van der Waals surface area (Å²) in [6.45, 7) is 10.8. The van der Waals surface area contributed by atoms with Crippen molar-refractivity contribution in [3.05, 3.63) is 34.3 Å². The van der Waals surface area contributed by atoms with E-state index < -0.39 is 41.3 Å². The molecule has 0 aromatic heterocycles. The average Bonchev–Trinajstić information content (AvgIpc) is 3.64. The van der Waals surface area contributed by atoms with Gasteiger partial charge in [-0.25, -0.2) is 0 Å². The fourth-order valence-electron chi connectivity index (χ4n) is 7.14. The molecule has 0 spiro atoms. The second kappa shape index (κ2) is 11.0. The molecular formula is C31H42BrN5O5. The lowest BCUT2D eigenvalue weighted by Crippen LogP contribution is -2.60. The van der Waals surface area contributed by atoms with Gasteiger partial charge in [-0.05, 0) is 59.5 Å². The van der Waals surface area contributed by atoms with Crippen LogP contribution in [0.5, 0.6) is 0 Å². The van der Waals surface area contributed by atoms with Crippen LogP contribution < -0.4 is 21.7 Å². The third-order valence-corrected chi connectivity index (χ3v) is 10.7. The summed E-state index contributed by atoms with van der Waals surface area (Å²) in [6.07, 6.45) is 1.40. The number of piperidine rings is 1. The predicted octanol–water partition coefficient (Wildman–Crippen LogP) is 2.06. The molecule has 0 radical (unpaired) electrons. The number of amides is 5. The number of rotatable bonds is 9. The van der Waals surface area contributed by atoms with E-state index in [1.165, 1.54) is 0 Å². The van der Waals surface area contributed by atoms with Crippen LogP contribution in [-0.4, -0.2) is 65.7 Å². The number of likely N-dealkylation sites (tertiary alicyclic amines) is 1. The van der Waals surface area contributed by atoms with E-state index in [9.17, 15) is 24.0 Å². The first-order chi connectivity index (χ1) is 19.6. The minimum absolute atomic E-state index is 0.0793. The highest BCUT2D eigenvalue weighted by Gasteiger charge is 2.70. The summed E-state index contributed by atoms with van der Waals surface area (Å²) in [4.78, 5) is 67.4. The SMILES string of the molecule is CC(C)(C)[C@H](NC(=O)C1CC1c1ccccc1Br)C(=O)N1C[C@H]2[C@@H]([C@H]1C(=O)N[C@@H](C[C@@H]1CCNC1=O)C(N)=O)C2(C)C. The third-order valence-electron chi connectivity index (χ3n) is 9.93. The average molecular weight is 645 g/mol. The number of hydrogen-bond donors (Lipinski definition) is 4. The highest BCUT2D eigenvalue weighted by atomic mass is 79.9. The molecule has 0 bridgehead atoms. The van der Waals surface area contributed by atoms with E-state index in [2.05, 4.69) is 45.7 Å². The molecule has 1 aromatic rings. The molecule has 10 nitrogen and oxygen atoms in total. The van der Waals surface area contributed by atoms with E-state index in [1.54, 1.807) is 4.90 Å². The van der Waals surface area contributed by atoms with Crippen molar-refractivity contribution in [1.29, 1.82) is 0 Å². The summed E-state index contributed by atoms with van der Waals surface area (Å²) in [5.74, 6) is -2.28. The van der Waals surface area contributed by atoms with Crippen LogP contribution in [0.15, 0.2) is 28.7 Å². The molecule has 4 fully saturated rings. The van der Waals surface area contributed by atoms with Crippen LogP contribution in [0, 0.1) is 34.5 Å². The van der Waals surface area contributed by atoms with Crippen LogP contribution in [0.2, 0.25) is 0 Å². The van der Waals surface area contributed by atoms with Crippen LogP contribution in [-0.2, 0) is 24.0 Å². The quantitative estimate of drug-likeness (QED) is 0.325. The van der Waals surface area contributed by atoms with Gasteiger partial charge < -0.3 is 26.6 Å². The Morgan fingerprint density at radius 2 is 1.83 bits per heavy atom. The Balaban J connectivity index is 1.32. The number of carbonyl (C=O) groups excluding carboxylic acids is 5. The van der Waals surface area contributed by atoms with Crippen LogP contribution in [0.3, 0.4) is 0 Å². The van der Waals surface area contributed by atoms with Gasteiger partial charge in [0.15, 0.2) is 0 Å². The molecule has 5 amide bonds. The monoisotopic (exact) mass is 643 g/mol. The first-order valence-electron chi connectivity index (χ1n) is 14.9. The van der Waals surface area contributed by atoms with Gasteiger partial charge in [0.2, 0.25) is 29.5 Å². The van der Waals surface area contributed by atoms with Crippen molar-refractivity contribution in [2.45, 2.75) is 77.9 Å². The Morgan fingerprint density at radius 1 is 1.14 bits per heavy atom. The summed E-state index contributed by atoms with van der Waals surface area (Å²) < 4.78 is 0.962. The van der Waals surface area contributed by atoms with Gasteiger partial charge in [0.05, 0.1) is 0 Å². The van der Waals surface area contributed by atoms with Gasteiger partial charge in [0.1, 0.15) is 18.1 Å². The summed E-state index contributed by atoms with van der Waals surface area (Å²) in [7, 11) is 0. The third kappa shape index (κ3) is 5.68. The van der Waals surface area contributed by atoms with Crippen LogP contribution in [0.25, 0.3) is 0 Å². The molecule has 2 saturated heterocycles. The molecule has 2 saturated carbocycles. The Bertz CT molecular complexity index is 1310.